The second-order valence-corrected chi connectivity index (χ2v) is 4.26. The number of hydrogen-bond donors (Lipinski definition) is 1. The molecule has 0 radical (unpaired) electrons. The Balaban J connectivity index is 2.56. The second-order valence-electron chi connectivity index (χ2n) is 4.26. The molecule has 0 aromatic heterocycles. The molecule has 1 rings (SSSR count). The molecule has 0 aliphatic heterocycles. The van der Waals surface area contributed by atoms with E-state index in [4.69, 9.17) is 24.1 Å². The van der Waals surface area contributed by atoms with Crippen molar-refractivity contribution in [1.29, 1.82) is 0 Å². The van der Waals surface area contributed by atoms with Gasteiger partial charge in [0, 0.05) is 6.07 Å². The third kappa shape index (κ3) is 5.84. The molecule has 0 saturated carbocycles. The maximum atomic E-state index is 11.7. The predicted octanol–water partition coefficient (Wildman–Crippen LogP) is 2.21. The molecule has 0 spiro atoms. The van der Waals surface area contributed by atoms with Gasteiger partial charge in [-0.2, -0.15) is 0 Å². The lowest BCUT2D eigenvalue weighted by Crippen LogP contribution is -2.14. The first-order valence-electron chi connectivity index (χ1n) is 6.42. The van der Waals surface area contributed by atoms with Gasteiger partial charge in [-0.3, -0.25) is 4.79 Å². The van der Waals surface area contributed by atoms with Crippen molar-refractivity contribution in [3.05, 3.63) is 36.1 Å². The molecular formula is C15H18O7. The van der Waals surface area contributed by atoms with Crippen molar-refractivity contribution in [3.8, 4) is 11.5 Å². The molecule has 7 heteroatoms. The Hall–Kier alpha value is -2.54. The van der Waals surface area contributed by atoms with Crippen LogP contribution in [0.4, 0.5) is 0 Å². The number of methoxy groups -OCH3 is 1. The van der Waals surface area contributed by atoms with Gasteiger partial charge in [-0.15, -0.1) is 0 Å². The highest BCUT2D eigenvalue weighted by atomic mass is 16.7. The molecule has 0 fully saturated rings. The highest BCUT2D eigenvalue weighted by Crippen LogP contribution is 2.25. The number of carboxylic acid groups (broad SMARTS) is 1. The first-order chi connectivity index (χ1) is 10.4. The van der Waals surface area contributed by atoms with Gasteiger partial charge >= 0.3 is 11.9 Å². The predicted molar refractivity (Wildman–Crippen MR) is 76.9 cm³/mol. The summed E-state index contributed by atoms with van der Waals surface area (Å²) in [4.78, 5) is 22.8. The van der Waals surface area contributed by atoms with Gasteiger partial charge in [0.2, 0.25) is 0 Å². The van der Waals surface area contributed by atoms with Crippen LogP contribution in [-0.2, 0) is 14.3 Å². The molecule has 0 heterocycles. The summed E-state index contributed by atoms with van der Waals surface area (Å²) in [5.74, 6) is -0.998. The van der Waals surface area contributed by atoms with E-state index in [-0.39, 0.29) is 31.1 Å². The maximum absolute atomic E-state index is 11.7. The molecule has 0 bridgehead atoms. The number of benzene rings is 1. The molecule has 0 aliphatic rings. The molecule has 0 amide bonds. The zero-order chi connectivity index (χ0) is 16.5. The van der Waals surface area contributed by atoms with Crippen LogP contribution in [0.15, 0.2) is 30.5 Å². The van der Waals surface area contributed by atoms with E-state index in [2.05, 4.69) is 6.58 Å². The molecule has 1 N–H and O–H groups in total. The maximum Gasteiger partial charge on any atom is 0.339 e. The number of allylic oxidation sites excluding steroid dienone is 1. The number of carbonyl (C=O) groups excluding carboxylic acids is 1. The fourth-order valence-corrected chi connectivity index (χ4v) is 1.42. The fourth-order valence-electron chi connectivity index (χ4n) is 1.42. The average Bonchev–Trinajstić information content (AvgIpc) is 2.46. The molecule has 0 aliphatic carbocycles. The summed E-state index contributed by atoms with van der Waals surface area (Å²) in [5.41, 5.74) is -0.124. The summed E-state index contributed by atoms with van der Waals surface area (Å²) in [6.07, 6.45) is -0.0458. The van der Waals surface area contributed by atoms with Crippen molar-refractivity contribution in [2.45, 2.75) is 13.3 Å². The first kappa shape index (κ1) is 17.5. The van der Waals surface area contributed by atoms with Crippen LogP contribution in [-0.4, -0.2) is 37.6 Å². The van der Waals surface area contributed by atoms with E-state index < -0.39 is 11.9 Å². The summed E-state index contributed by atoms with van der Waals surface area (Å²) < 4.78 is 20.0. The Kier molecular flexibility index (Phi) is 6.91. The lowest BCUT2D eigenvalue weighted by Gasteiger charge is -2.10. The highest BCUT2D eigenvalue weighted by Gasteiger charge is 2.15. The largest absolute Gasteiger partial charge is 0.497 e. The van der Waals surface area contributed by atoms with Crippen LogP contribution in [0.5, 0.6) is 11.5 Å². The van der Waals surface area contributed by atoms with Crippen molar-refractivity contribution in [1.82, 2.24) is 0 Å². The smallest absolute Gasteiger partial charge is 0.339 e. The van der Waals surface area contributed by atoms with Crippen molar-refractivity contribution in [2.75, 3.05) is 20.5 Å². The topological polar surface area (TPSA) is 91.3 Å². The van der Waals surface area contributed by atoms with Crippen molar-refractivity contribution in [2.24, 2.45) is 0 Å². The van der Waals surface area contributed by atoms with Gasteiger partial charge < -0.3 is 24.1 Å². The Labute approximate surface area is 128 Å². The lowest BCUT2D eigenvalue weighted by molar-refractivity contribution is -0.136. The molecule has 0 saturated heterocycles. The molecular weight excluding hydrogens is 292 g/mol. The summed E-state index contributed by atoms with van der Waals surface area (Å²) in [5, 5.41) is 9.06. The summed E-state index contributed by atoms with van der Waals surface area (Å²) in [6, 6.07) is 4.12. The minimum atomic E-state index is -1.20. The van der Waals surface area contributed by atoms with E-state index in [1.165, 1.54) is 25.3 Å². The SMILES string of the molecule is C=C(C)OCOCCC(=O)Oc1cc(OC)ccc1C(=O)O. The molecule has 120 valence electrons. The Morgan fingerprint density at radius 1 is 1.32 bits per heavy atom. The third-order valence-corrected chi connectivity index (χ3v) is 2.48. The number of rotatable bonds is 9. The Morgan fingerprint density at radius 2 is 2.05 bits per heavy atom. The number of ether oxygens (including phenoxy) is 4. The first-order valence-corrected chi connectivity index (χ1v) is 6.42. The molecule has 1 aromatic rings. The number of carbonyl (C=O) groups is 2. The zero-order valence-electron chi connectivity index (χ0n) is 12.5. The average molecular weight is 310 g/mol. The second kappa shape index (κ2) is 8.68. The fraction of sp³-hybridized carbons (Fsp3) is 0.333. The molecule has 22 heavy (non-hydrogen) atoms. The number of aromatic carboxylic acids is 1. The van der Waals surface area contributed by atoms with Gasteiger partial charge in [0.05, 0.1) is 25.9 Å². The Morgan fingerprint density at radius 3 is 2.64 bits per heavy atom. The quantitative estimate of drug-likeness (QED) is 0.246. The lowest BCUT2D eigenvalue weighted by atomic mass is 10.2. The van der Waals surface area contributed by atoms with Crippen LogP contribution in [0, 0.1) is 0 Å². The number of hydrogen-bond acceptors (Lipinski definition) is 6. The van der Waals surface area contributed by atoms with Crippen LogP contribution < -0.4 is 9.47 Å². The van der Waals surface area contributed by atoms with E-state index in [0.717, 1.165) is 0 Å². The molecule has 1 aromatic carbocycles. The highest BCUT2D eigenvalue weighted by molar-refractivity contribution is 5.92. The Bertz CT molecular complexity index is 551. The third-order valence-electron chi connectivity index (χ3n) is 2.48. The van der Waals surface area contributed by atoms with E-state index in [1.807, 2.05) is 0 Å². The van der Waals surface area contributed by atoms with E-state index in [1.54, 1.807) is 6.92 Å². The van der Waals surface area contributed by atoms with Gasteiger partial charge in [-0.1, -0.05) is 6.58 Å². The van der Waals surface area contributed by atoms with Gasteiger partial charge in [0.15, 0.2) is 6.79 Å². The van der Waals surface area contributed by atoms with Crippen LogP contribution in [0.25, 0.3) is 0 Å². The van der Waals surface area contributed by atoms with Crippen molar-refractivity contribution >= 4 is 11.9 Å². The minimum absolute atomic E-state index is 0.0118. The van der Waals surface area contributed by atoms with Gasteiger partial charge in [-0.05, 0) is 19.1 Å². The molecule has 0 unspecified atom stereocenters. The number of carboxylic acids is 1. The van der Waals surface area contributed by atoms with E-state index in [0.29, 0.717) is 11.5 Å². The zero-order valence-corrected chi connectivity index (χ0v) is 12.5. The van der Waals surface area contributed by atoms with Gasteiger partial charge in [0.25, 0.3) is 0 Å². The van der Waals surface area contributed by atoms with Crippen LogP contribution in [0.2, 0.25) is 0 Å². The van der Waals surface area contributed by atoms with E-state index in [9.17, 15) is 9.59 Å². The minimum Gasteiger partial charge on any atom is -0.497 e. The summed E-state index contributed by atoms with van der Waals surface area (Å²) in [7, 11) is 1.43. The van der Waals surface area contributed by atoms with Gasteiger partial charge in [-0.25, -0.2) is 4.79 Å². The van der Waals surface area contributed by atoms with Crippen molar-refractivity contribution in [3.63, 3.8) is 0 Å². The van der Waals surface area contributed by atoms with Crippen LogP contribution >= 0.6 is 0 Å². The molecule has 0 atom stereocenters. The van der Waals surface area contributed by atoms with Crippen LogP contribution in [0.1, 0.15) is 23.7 Å². The summed E-state index contributed by atoms with van der Waals surface area (Å²) >= 11 is 0. The van der Waals surface area contributed by atoms with Gasteiger partial charge in [0.1, 0.15) is 17.1 Å². The van der Waals surface area contributed by atoms with Crippen molar-refractivity contribution < 1.29 is 33.6 Å². The van der Waals surface area contributed by atoms with Crippen LogP contribution in [0.3, 0.4) is 0 Å². The van der Waals surface area contributed by atoms with E-state index >= 15 is 0 Å². The standard InChI is InChI=1S/C15H18O7/c1-10(2)21-9-20-7-6-14(16)22-13-8-11(19-3)4-5-12(13)15(17)18/h4-5,8H,1,6-7,9H2,2-3H3,(H,17,18). The molecule has 7 nitrogen and oxygen atoms in total. The normalized spacial score (nSPS) is 9.91. The summed E-state index contributed by atoms with van der Waals surface area (Å²) in [6.45, 7) is 5.27. The number of esters is 1. The monoisotopic (exact) mass is 310 g/mol.